The number of carbonyl (C=O) groups is 1. The molecule has 1 amide bonds. The largest absolute Gasteiger partial charge is 0.351 e. The second kappa shape index (κ2) is 7.28. The number of amides is 1. The van der Waals surface area contributed by atoms with Gasteiger partial charge in [0.2, 0.25) is 0 Å². The highest BCUT2D eigenvalue weighted by atomic mass is 35.5. The van der Waals surface area contributed by atoms with Crippen LogP contribution in [0.4, 0.5) is 0 Å². The smallest absolute Gasteiger partial charge is 0.254 e. The average molecular weight is 387 g/mol. The molecule has 0 atom stereocenters. The SMILES string of the molecule is Cc1ccc(-n2ncc(C(=O)NCC3(C)CCNCC3)c2C2CC2)cc1Cl. The monoisotopic (exact) mass is 386 g/mol. The molecule has 2 N–H and O–H groups in total. The van der Waals surface area contributed by atoms with Crippen LogP contribution in [0.3, 0.4) is 0 Å². The van der Waals surface area contributed by atoms with Crippen molar-refractivity contribution in [1.29, 1.82) is 0 Å². The molecule has 2 aliphatic rings. The Hall–Kier alpha value is -1.85. The highest BCUT2D eigenvalue weighted by molar-refractivity contribution is 6.31. The number of nitrogens with one attached hydrogen (secondary N) is 2. The van der Waals surface area contributed by atoms with Gasteiger partial charge in [0.05, 0.1) is 23.1 Å². The summed E-state index contributed by atoms with van der Waals surface area (Å²) in [6.07, 6.45) is 6.10. The number of benzene rings is 1. The van der Waals surface area contributed by atoms with Crippen molar-refractivity contribution < 1.29 is 4.79 Å². The number of aromatic nitrogens is 2. The zero-order valence-corrected chi connectivity index (χ0v) is 16.8. The van der Waals surface area contributed by atoms with E-state index in [0.717, 1.165) is 60.7 Å². The number of carbonyl (C=O) groups excluding carboxylic acids is 1. The van der Waals surface area contributed by atoms with E-state index in [1.165, 1.54) is 0 Å². The third kappa shape index (κ3) is 3.90. The fraction of sp³-hybridized carbons (Fsp3) is 0.524. The zero-order chi connectivity index (χ0) is 19.0. The Balaban J connectivity index is 1.57. The van der Waals surface area contributed by atoms with E-state index in [0.29, 0.717) is 18.0 Å². The summed E-state index contributed by atoms with van der Waals surface area (Å²) in [5, 5.41) is 11.8. The average Bonchev–Trinajstić information content (AvgIpc) is 3.41. The second-order valence-electron chi connectivity index (χ2n) is 8.31. The Morgan fingerprint density at radius 2 is 2.11 bits per heavy atom. The van der Waals surface area contributed by atoms with Crippen LogP contribution in [0.1, 0.15) is 60.1 Å². The summed E-state index contributed by atoms with van der Waals surface area (Å²) >= 11 is 6.31. The van der Waals surface area contributed by atoms with E-state index in [1.54, 1.807) is 6.20 Å². The summed E-state index contributed by atoms with van der Waals surface area (Å²) in [5.74, 6) is 0.393. The molecule has 2 aromatic rings. The topological polar surface area (TPSA) is 59.0 Å². The van der Waals surface area contributed by atoms with E-state index >= 15 is 0 Å². The molecule has 6 heteroatoms. The van der Waals surface area contributed by atoms with Crippen LogP contribution in [0.5, 0.6) is 0 Å². The first-order chi connectivity index (χ1) is 13.0. The lowest BCUT2D eigenvalue weighted by Gasteiger charge is -2.34. The van der Waals surface area contributed by atoms with Gasteiger partial charge in [-0.25, -0.2) is 4.68 Å². The summed E-state index contributed by atoms with van der Waals surface area (Å²) in [4.78, 5) is 12.9. The van der Waals surface area contributed by atoms with Crippen LogP contribution in [-0.2, 0) is 0 Å². The van der Waals surface area contributed by atoms with E-state index in [-0.39, 0.29) is 11.3 Å². The van der Waals surface area contributed by atoms with E-state index in [2.05, 4.69) is 22.7 Å². The first-order valence-electron chi connectivity index (χ1n) is 9.80. The number of rotatable bonds is 5. The van der Waals surface area contributed by atoms with Crippen molar-refractivity contribution >= 4 is 17.5 Å². The minimum absolute atomic E-state index is 0.0129. The van der Waals surface area contributed by atoms with Gasteiger partial charge < -0.3 is 10.6 Å². The molecule has 1 aliphatic carbocycles. The molecule has 27 heavy (non-hydrogen) atoms. The molecule has 0 bridgehead atoms. The van der Waals surface area contributed by atoms with Crippen molar-refractivity contribution in [2.75, 3.05) is 19.6 Å². The van der Waals surface area contributed by atoms with Gasteiger partial charge in [-0.3, -0.25) is 4.79 Å². The van der Waals surface area contributed by atoms with Crippen LogP contribution in [0.2, 0.25) is 5.02 Å². The van der Waals surface area contributed by atoms with Crippen LogP contribution in [0.15, 0.2) is 24.4 Å². The van der Waals surface area contributed by atoms with Crippen LogP contribution >= 0.6 is 11.6 Å². The Morgan fingerprint density at radius 1 is 1.37 bits per heavy atom. The minimum atomic E-state index is -0.0129. The van der Waals surface area contributed by atoms with Crippen molar-refractivity contribution in [3.05, 3.63) is 46.2 Å². The third-order valence-corrected chi connectivity index (χ3v) is 6.31. The summed E-state index contributed by atoms with van der Waals surface area (Å²) in [6.45, 7) is 6.99. The van der Waals surface area contributed by atoms with Gasteiger partial charge >= 0.3 is 0 Å². The van der Waals surface area contributed by atoms with Crippen molar-refractivity contribution in [3.63, 3.8) is 0 Å². The van der Waals surface area contributed by atoms with Gasteiger partial charge in [0.25, 0.3) is 5.91 Å². The van der Waals surface area contributed by atoms with Gasteiger partial charge in [-0.2, -0.15) is 5.10 Å². The number of nitrogens with zero attached hydrogens (tertiary/aromatic N) is 2. The fourth-order valence-electron chi connectivity index (χ4n) is 3.80. The number of piperidine rings is 1. The Morgan fingerprint density at radius 3 is 2.78 bits per heavy atom. The minimum Gasteiger partial charge on any atom is -0.351 e. The van der Waals surface area contributed by atoms with Gasteiger partial charge in [-0.15, -0.1) is 0 Å². The maximum Gasteiger partial charge on any atom is 0.254 e. The molecule has 1 aromatic heterocycles. The lowest BCUT2D eigenvalue weighted by Crippen LogP contribution is -2.43. The molecule has 144 valence electrons. The molecule has 0 spiro atoms. The lowest BCUT2D eigenvalue weighted by atomic mass is 9.81. The van der Waals surface area contributed by atoms with Crippen molar-refractivity contribution in [2.45, 2.75) is 45.4 Å². The van der Waals surface area contributed by atoms with E-state index < -0.39 is 0 Å². The summed E-state index contributed by atoms with van der Waals surface area (Å²) in [5.41, 5.74) is 3.83. The van der Waals surface area contributed by atoms with Crippen LogP contribution < -0.4 is 10.6 Å². The number of aryl methyl sites for hydroxylation is 1. The van der Waals surface area contributed by atoms with E-state index in [9.17, 15) is 4.79 Å². The van der Waals surface area contributed by atoms with Gasteiger partial charge in [-0.1, -0.05) is 24.6 Å². The fourth-order valence-corrected chi connectivity index (χ4v) is 3.97. The molecule has 4 rings (SSSR count). The van der Waals surface area contributed by atoms with E-state index in [1.807, 2.05) is 29.8 Å². The van der Waals surface area contributed by atoms with E-state index in [4.69, 9.17) is 11.6 Å². The maximum atomic E-state index is 12.9. The maximum absolute atomic E-state index is 12.9. The Labute approximate surface area is 165 Å². The molecule has 1 aromatic carbocycles. The Kier molecular flexibility index (Phi) is 4.99. The van der Waals surface area contributed by atoms with Gasteiger partial charge in [0.15, 0.2) is 0 Å². The van der Waals surface area contributed by atoms with Gasteiger partial charge in [-0.05, 0) is 68.8 Å². The predicted octanol–water partition coefficient (Wildman–Crippen LogP) is 3.83. The second-order valence-corrected chi connectivity index (χ2v) is 8.71. The summed E-state index contributed by atoms with van der Waals surface area (Å²) in [6, 6.07) is 5.93. The molecule has 1 saturated carbocycles. The third-order valence-electron chi connectivity index (χ3n) is 5.90. The highest BCUT2D eigenvalue weighted by Gasteiger charge is 2.34. The molecular formula is C21H27ClN4O. The van der Waals surface area contributed by atoms with Crippen molar-refractivity contribution in [3.8, 4) is 5.69 Å². The molecule has 2 fully saturated rings. The van der Waals surface area contributed by atoms with Crippen molar-refractivity contribution in [1.82, 2.24) is 20.4 Å². The van der Waals surface area contributed by atoms with Gasteiger partial charge in [0.1, 0.15) is 0 Å². The standard InChI is InChI=1S/C21H27ClN4O/c1-14-3-6-16(11-18(14)22)26-19(15-4-5-15)17(12-25-26)20(27)24-13-21(2)7-9-23-10-8-21/h3,6,11-12,15,23H,4-5,7-10,13H2,1-2H3,(H,24,27). The van der Waals surface area contributed by atoms with Crippen LogP contribution in [0.25, 0.3) is 5.69 Å². The van der Waals surface area contributed by atoms with Crippen LogP contribution in [-0.4, -0.2) is 35.3 Å². The number of halogens is 1. The predicted molar refractivity (Wildman–Crippen MR) is 108 cm³/mol. The molecule has 1 aliphatic heterocycles. The zero-order valence-electron chi connectivity index (χ0n) is 16.0. The highest BCUT2D eigenvalue weighted by Crippen LogP contribution is 2.42. The number of hydrogen-bond donors (Lipinski definition) is 2. The summed E-state index contributed by atoms with van der Waals surface area (Å²) < 4.78 is 1.89. The first-order valence-corrected chi connectivity index (χ1v) is 10.2. The van der Waals surface area contributed by atoms with Crippen LogP contribution in [0, 0.1) is 12.3 Å². The normalized spacial score (nSPS) is 19.1. The first kappa shape index (κ1) is 18.5. The molecule has 0 unspecified atom stereocenters. The molecule has 0 radical (unpaired) electrons. The molecule has 1 saturated heterocycles. The van der Waals surface area contributed by atoms with Crippen molar-refractivity contribution in [2.24, 2.45) is 5.41 Å². The lowest BCUT2D eigenvalue weighted by molar-refractivity contribution is 0.0921. The van der Waals surface area contributed by atoms with Gasteiger partial charge in [0, 0.05) is 17.5 Å². The molecule has 5 nitrogen and oxygen atoms in total. The number of hydrogen-bond acceptors (Lipinski definition) is 3. The molecule has 2 heterocycles. The Bertz CT molecular complexity index is 850. The quantitative estimate of drug-likeness (QED) is 0.820. The molecular weight excluding hydrogens is 360 g/mol. The summed E-state index contributed by atoms with van der Waals surface area (Å²) in [7, 11) is 0.